The van der Waals surface area contributed by atoms with Crippen molar-refractivity contribution < 1.29 is 17.7 Å². The van der Waals surface area contributed by atoms with Crippen molar-refractivity contribution in [1.82, 2.24) is 19.3 Å². The van der Waals surface area contributed by atoms with Gasteiger partial charge in [-0.05, 0) is 25.5 Å². The molecule has 1 saturated heterocycles. The summed E-state index contributed by atoms with van der Waals surface area (Å²) in [6.45, 7) is 4.64. The van der Waals surface area contributed by atoms with E-state index in [0.29, 0.717) is 24.3 Å². The van der Waals surface area contributed by atoms with Crippen molar-refractivity contribution in [1.29, 1.82) is 0 Å². The topological polar surface area (TPSA) is 99.5 Å². The fraction of sp³-hybridized carbons (Fsp3) is 0.280. The molecule has 3 heterocycles. The van der Waals surface area contributed by atoms with Crippen LogP contribution in [-0.4, -0.2) is 59.7 Å². The van der Waals surface area contributed by atoms with Gasteiger partial charge in [0.15, 0.2) is 11.5 Å². The monoisotopic (exact) mass is 478 g/mol. The normalized spacial score (nSPS) is 16.6. The van der Waals surface area contributed by atoms with Gasteiger partial charge in [0.1, 0.15) is 10.6 Å². The molecule has 0 saturated carbocycles. The third-order valence-corrected chi connectivity index (χ3v) is 8.57. The van der Waals surface area contributed by atoms with Crippen LogP contribution in [0.4, 0.5) is 0 Å². The minimum Gasteiger partial charge on any atom is -0.360 e. The summed E-state index contributed by atoms with van der Waals surface area (Å²) in [6.07, 6.45) is 1.76. The Labute approximate surface area is 198 Å². The van der Waals surface area contributed by atoms with Crippen LogP contribution >= 0.6 is 0 Å². The Hall–Kier alpha value is -3.27. The minimum atomic E-state index is -3.73. The molecule has 0 aliphatic carbocycles. The Bertz CT molecular complexity index is 1410. The summed E-state index contributed by atoms with van der Waals surface area (Å²) in [5, 5.41) is 4.68. The maximum atomic E-state index is 13.9. The summed E-state index contributed by atoms with van der Waals surface area (Å²) < 4.78 is 33.0. The molecule has 5 rings (SSSR count). The second kappa shape index (κ2) is 8.83. The molecule has 2 aromatic carbocycles. The summed E-state index contributed by atoms with van der Waals surface area (Å²) in [5.41, 5.74) is 2.79. The number of carbonyl (C=O) groups is 1. The van der Waals surface area contributed by atoms with E-state index in [1.165, 1.54) is 4.31 Å². The molecule has 176 valence electrons. The molecule has 9 heteroatoms. The average molecular weight is 479 g/mol. The van der Waals surface area contributed by atoms with Crippen LogP contribution in [0.15, 0.2) is 70.2 Å². The molecule has 4 aromatic rings. The Morgan fingerprint density at radius 1 is 1.00 bits per heavy atom. The third kappa shape index (κ3) is 3.85. The number of piperazine rings is 1. The maximum absolute atomic E-state index is 13.9. The molecule has 1 atom stereocenters. The smallest absolute Gasteiger partial charge is 0.248 e. The largest absolute Gasteiger partial charge is 0.360 e. The predicted molar refractivity (Wildman–Crippen MR) is 128 cm³/mol. The molecule has 8 nitrogen and oxygen atoms in total. The highest BCUT2D eigenvalue weighted by Crippen LogP contribution is 2.31. The molecule has 0 spiro atoms. The first-order valence-corrected chi connectivity index (χ1v) is 12.6. The lowest BCUT2D eigenvalue weighted by Crippen LogP contribution is -2.51. The number of rotatable bonds is 6. The second-order valence-corrected chi connectivity index (χ2v) is 10.4. The van der Waals surface area contributed by atoms with Crippen LogP contribution in [-0.2, 0) is 10.0 Å². The lowest BCUT2D eigenvalue weighted by atomic mass is 9.95. The molecular weight excluding hydrogens is 452 g/mol. The fourth-order valence-corrected chi connectivity index (χ4v) is 6.47. The number of nitrogens with zero attached hydrogens (tertiary/aromatic N) is 3. The van der Waals surface area contributed by atoms with Crippen molar-refractivity contribution in [3.05, 3.63) is 83.4 Å². The second-order valence-electron chi connectivity index (χ2n) is 8.52. The van der Waals surface area contributed by atoms with Crippen LogP contribution in [0, 0.1) is 13.8 Å². The van der Waals surface area contributed by atoms with Gasteiger partial charge in [0.25, 0.3) is 0 Å². The van der Waals surface area contributed by atoms with Crippen LogP contribution in [0.1, 0.15) is 33.4 Å². The molecule has 1 aliphatic rings. The van der Waals surface area contributed by atoms with Crippen molar-refractivity contribution in [3.63, 3.8) is 0 Å². The number of aromatic nitrogens is 2. The number of aryl methyl sites for hydroxylation is 2. The Kier molecular flexibility index (Phi) is 5.85. The molecule has 1 fully saturated rings. The number of nitrogens with one attached hydrogen (secondary N) is 1. The fourth-order valence-electron chi connectivity index (χ4n) is 4.76. The van der Waals surface area contributed by atoms with Crippen LogP contribution in [0.2, 0.25) is 0 Å². The zero-order valence-corrected chi connectivity index (χ0v) is 19.9. The van der Waals surface area contributed by atoms with Gasteiger partial charge in [0.05, 0.1) is 6.04 Å². The molecule has 1 aliphatic heterocycles. The number of fused-ring (bicyclic) bond motifs is 1. The van der Waals surface area contributed by atoms with E-state index in [2.05, 4.69) is 15.0 Å². The van der Waals surface area contributed by atoms with E-state index in [0.717, 1.165) is 16.5 Å². The summed E-state index contributed by atoms with van der Waals surface area (Å²) in [7, 11) is -3.73. The first-order chi connectivity index (χ1) is 16.4. The average Bonchev–Trinajstić information content (AvgIpc) is 3.43. The summed E-state index contributed by atoms with van der Waals surface area (Å²) in [5.74, 6) is 0.280. The van der Waals surface area contributed by atoms with Gasteiger partial charge in [-0.2, -0.15) is 4.31 Å². The standard InChI is InChI=1S/C25H26N4O4S/c1-17-25(18(2)33-27-17)34(31,32)29-14-12-28(13-15-29)23(19-8-4-3-5-9-19)24(30)21-16-26-22-11-7-6-10-20(21)22/h3-11,16,23,26H,12-15H2,1-2H3. The van der Waals surface area contributed by atoms with Crippen LogP contribution in [0.5, 0.6) is 0 Å². The molecule has 0 bridgehead atoms. The minimum absolute atomic E-state index is 0.00863. The lowest BCUT2D eigenvalue weighted by molar-refractivity contribution is 0.0755. The van der Waals surface area contributed by atoms with E-state index in [4.69, 9.17) is 4.52 Å². The van der Waals surface area contributed by atoms with Crippen LogP contribution in [0.25, 0.3) is 10.9 Å². The zero-order valence-electron chi connectivity index (χ0n) is 19.1. The van der Waals surface area contributed by atoms with Gasteiger partial charge in [-0.1, -0.05) is 53.7 Å². The molecular formula is C25H26N4O4S. The Morgan fingerprint density at radius 2 is 1.68 bits per heavy atom. The number of Topliss-reactive ketones (excluding diaryl/α,β-unsaturated/α-hetero) is 1. The van der Waals surface area contributed by atoms with Crippen molar-refractivity contribution in [2.45, 2.75) is 24.8 Å². The van der Waals surface area contributed by atoms with E-state index < -0.39 is 16.1 Å². The number of ketones is 1. The van der Waals surface area contributed by atoms with E-state index in [1.54, 1.807) is 20.0 Å². The zero-order chi connectivity index (χ0) is 23.9. The van der Waals surface area contributed by atoms with Gasteiger partial charge in [-0.3, -0.25) is 9.69 Å². The molecule has 0 amide bonds. The first-order valence-electron chi connectivity index (χ1n) is 11.2. The number of aromatic amines is 1. The summed E-state index contributed by atoms with van der Waals surface area (Å²) in [4.78, 5) is 19.3. The molecule has 1 N–H and O–H groups in total. The van der Waals surface area contributed by atoms with Gasteiger partial charge in [0, 0.05) is 48.8 Å². The van der Waals surface area contributed by atoms with E-state index in [9.17, 15) is 13.2 Å². The number of sulfonamides is 1. The van der Waals surface area contributed by atoms with Gasteiger partial charge in [-0.15, -0.1) is 0 Å². The van der Waals surface area contributed by atoms with E-state index >= 15 is 0 Å². The van der Waals surface area contributed by atoms with Crippen molar-refractivity contribution in [3.8, 4) is 0 Å². The Balaban J connectivity index is 1.43. The molecule has 34 heavy (non-hydrogen) atoms. The number of hydrogen-bond acceptors (Lipinski definition) is 6. The van der Waals surface area contributed by atoms with Crippen LogP contribution < -0.4 is 0 Å². The Morgan fingerprint density at radius 3 is 2.35 bits per heavy atom. The van der Waals surface area contributed by atoms with Crippen molar-refractivity contribution in [2.24, 2.45) is 0 Å². The number of hydrogen-bond donors (Lipinski definition) is 1. The van der Waals surface area contributed by atoms with E-state index in [-0.39, 0.29) is 29.5 Å². The van der Waals surface area contributed by atoms with E-state index in [1.807, 2.05) is 54.6 Å². The van der Waals surface area contributed by atoms with Crippen molar-refractivity contribution >= 4 is 26.7 Å². The van der Waals surface area contributed by atoms with Gasteiger partial charge in [0.2, 0.25) is 10.0 Å². The highest BCUT2D eigenvalue weighted by atomic mass is 32.2. The predicted octanol–water partition coefficient (Wildman–Crippen LogP) is 3.70. The molecule has 1 unspecified atom stereocenters. The lowest BCUT2D eigenvalue weighted by Gasteiger charge is -2.38. The summed E-state index contributed by atoms with van der Waals surface area (Å²) >= 11 is 0. The van der Waals surface area contributed by atoms with Gasteiger partial charge in [-0.25, -0.2) is 8.42 Å². The SMILES string of the molecule is Cc1noc(C)c1S(=O)(=O)N1CCN(C(C(=O)c2c[nH]c3ccccc23)c2ccccc2)CC1. The number of benzene rings is 2. The molecule has 0 radical (unpaired) electrons. The van der Waals surface area contributed by atoms with Crippen LogP contribution in [0.3, 0.4) is 0 Å². The number of para-hydroxylation sites is 1. The number of H-pyrrole nitrogens is 1. The van der Waals surface area contributed by atoms with Gasteiger partial charge < -0.3 is 9.51 Å². The van der Waals surface area contributed by atoms with Crippen molar-refractivity contribution in [2.75, 3.05) is 26.2 Å². The highest BCUT2D eigenvalue weighted by molar-refractivity contribution is 7.89. The quantitative estimate of drug-likeness (QED) is 0.424. The van der Waals surface area contributed by atoms with Gasteiger partial charge >= 0.3 is 0 Å². The molecule has 2 aromatic heterocycles. The highest BCUT2D eigenvalue weighted by Gasteiger charge is 2.37. The maximum Gasteiger partial charge on any atom is 0.248 e. The number of carbonyl (C=O) groups excluding carboxylic acids is 1. The summed E-state index contributed by atoms with van der Waals surface area (Å²) in [6, 6.07) is 16.9. The third-order valence-electron chi connectivity index (χ3n) is 6.42. The first kappa shape index (κ1) is 22.5.